The lowest BCUT2D eigenvalue weighted by molar-refractivity contribution is -0.146. The molecule has 2 aromatic rings. The van der Waals surface area contributed by atoms with E-state index in [1.807, 2.05) is 52.8 Å². The fourth-order valence-corrected chi connectivity index (χ4v) is 3.08. The molecule has 0 saturated heterocycles. The van der Waals surface area contributed by atoms with Gasteiger partial charge in [0.15, 0.2) is 5.60 Å². The van der Waals surface area contributed by atoms with E-state index in [0.29, 0.717) is 17.0 Å². The maximum Gasteiger partial charge on any atom is 0.261 e. The molecule has 0 spiro atoms. The van der Waals surface area contributed by atoms with Crippen LogP contribution in [0, 0.1) is 19.3 Å². The molecule has 2 N–H and O–H groups in total. The quantitative estimate of drug-likeness (QED) is 0.848. The average Bonchev–Trinajstić information content (AvgIpc) is 2.88. The molecule has 0 saturated carbocycles. The van der Waals surface area contributed by atoms with Crippen LogP contribution in [0.5, 0.6) is 0 Å². The van der Waals surface area contributed by atoms with Crippen LogP contribution < -0.4 is 5.32 Å². The van der Waals surface area contributed by atoms with Crippen LogP contribution in [0.3, 0.4) is 0 Å². The van der Waals surface area contributed by atoms with Crippen LogP contribution >= 0.6 is 0 Å². The first-order chi connectivity index (χ1) is 10.2. The highest BCUT2D eigenvalue weighted by Gasteiger charge is 2.53. The molecule has 0 aliphatic carbocycles. The highest BCUT2D eigenvalue weighted by atomic mass is 16.5. The number of amides is 1. The number of carbonyl (C=O) groups is 1. The van der Waals surface area contributed by atoms with Crippen molar-refractivity contribution in [1.29, 1.82) is 0 Å². The van der Waals surface area contributed by atoms with Gasteiger partial charge in [0.1, 0.15) is 5.76 Å². The van der Waals surface area contributed by atoms with Gasteiger partial charge in [-0.05, 0) is 31.5 Å². The predicted molar refractivity (Wildman–Crippen MR) is 83.4 cm³/mol. The first-order valence-electron chi connectivity index (χ1n) is 7.28. The minimum atomic E-state index is -1.56. The third-order valence-electron chi connectivity index (χ3n) is 4.39. The van der Waals surface area contributed by atoms with Crippen molar-refractivity contribution in [2.75, 3.05) is 5.32 Å². The van der Waals surface area contributed by atoms with Crippen molar-refractivity contribution in [2.24, 2.45) is 5.41 Å². The van der Waals surface area contributed by atoms with E-state index in [-0.39, 0.29) is 5.91 Å². The maximum absolute atomic E-state index is 12.3. The number of hydrogen-bond donors (Lipinski definition) is 2. The van der Waals surface area contributed by atoms with Gasteiger partial charge in [-0.3, -0.25) is 4.79 Å². The molecule has 1 amide bonds. The number of nitrogens with one attached hydrogen (secondary N) is 1. The smallest absolute Gasteiger partial charge is 0.261 e. The largest absolute Gasteiger partial charge is 0.375 e. The van der Waals surface area contributed by atoms with Gasteiger partial charge in [0.2, 0.25) is 0 Å². The molecular formula is C17H20N2O3. The number of aliphatic hydroxyl groups is 1. The standard InChI is InChI=1S/C17H20N2O3/c1-9-14(10(2)22-19-9)11-6-7-13-12(8-11)17(21,15(20)18-13)16(3,4)5/h6-8,21H,1-5H3,(H,18,20). The van der Waals surface area contributed by atoms with Gasteiger partial charge in [-0.15, -0.1) is 0 Å². The Kier molecular flexibility index (Phi) is 2.98. The zero-order valence-electron chi connectivity index (χ0n) is 13.4. The normalized spacial score (nSPS) is 20.9. The van der Waals surface area contributed by atoms with E-state index in [2.05, 4.69) is 10.5 Å². The summed E-state index contributed by atoms with van der Waals surface area (Å²) in [6.45, 7) is 9.28. The van der Waals surface area contributed by atoms with Crippen molar-refractivity contribution >= 4 is 11.6 Å². The topological polar surface area (TPSA) is 75.4 Å². The Morgan fingerprint density at radius 1 is 1.27 bits per heavy atom. The van der Waals surface area contributed by atoms with E-state index in [4.69, 9.17) is 4.52 Å². The zero-order valence-corrected chi connectivity index (χ0v) is 13.4. The Morgan fingerprint density at radius 2 is 1.95 bits per heavy atom. The van der Waals surface area contributed by atoms with E-state index in [1.165, 1.54) is 0 Å². The van der Waals surface area contributed by atoms with Crippen molar-refractivity contribution in [3.63, 3.8) is 0 Å². The summed E-state index contributed by atoms with van der Waals surface area (Å²) < 4.78 is 5.21. The van der Waals surface area contributed by atoms with Crippen LogP contribution in [-0.2, 0) is 10.4 Å². The molecule has 1 aliphatic heterocycles. The van der Waals surface area contributed by atoms with Gasteiger partial charge in [0.05, 0.1) is 5.69 Å². The lowest BCUT2D eigenvalue weighted by atomic mass is 9.72. The first-order valence-corrected chi connectivity index (χ1v) is 7.28. The van der Waals surface area contributed by atoms with Crippen molar-refractivity contribution in [2.45, 2.75) is 40.2 Å². The second-order valence-corrected chi connectivity index (χ2v) is 6.87. The number of rotatable bonds is 1. The van der Waals surface area contributed by atoms with Gasteiger partial charge in [-0.2, -0.15) is 0 Å². The number of anilines is 1. The second-order valence-electron chi connectivity index (χ2n) is 6.87. The van der Waals surface area contributed by atoms with Crippen LogP contribution in [0.1, 0.15) is 37.8 Å². The van der Waals surface area contributed by atoms with Crippen LogP contribution in [0.4, 0.5) is 5.69 Å². The van der Waals surface area contributed by atoms with E-state index in [0.717, 1.165) is 16.8 Å². The Bertz CT molecular complexity index is 751. The molecule has 116 valence electrons. The van der Waals surface area contributed by atoms with E-state index < -0.39 is 11.0 Å². The monoisotopic (exact) mass is 300 g/mol. The summed E-state index contributed by atoms with van der Waals surface area (Å²) in [7, 11) is 0. The number of nitrogens with zero attached hydrogens (tertiary/aromatic N) is 1. The average molecular weight is 300 g/mol. The zero-order chi connectivity index (χ0) is 16.3. The molecule has 1 aromatic carbocycles. The summed E-state index contributed by atoms with van der Waals surface area (Å²) in [5.41, 5.74) is 1.64. The molecule has 5 heteroatoms. The fourth-order valence-electron chi connectivity index (χ4n) is 3.08. The lowest BCUT2D eigenvalue weighted by Crippen LogP contribution is -2.45. The second kappa shape index (κ2) is 4.43. The number of hydrogen-bond acceptors (Lipinski definition) is 4. The Balaban J connectivity index is 2.22. The van der Waals surface area contributed by atoms with Crippen molar-refractivity contribution in [3.05, 3.63) is 35.2 Å². The maximum atomic E-state index is 12.3. The van der Waals surface area contributed by atoms with E-state index >= 15 is 0 Å². The molecule has 5 nitrogen and oxygen atoms in total. The molecule has 3 rings (SSSR count). The third kappa shape index (κ3) is 1.82. The molecular weight excluding hydrogens is 280 g/mol. The Labute approximate surface area is 129 Å². The molecule has 1 unspecified atom stereocenters. The van der Waals surface area contributed by atoms with Gasteiger partial charge < -0.3 is 14.9 Å². The minimum absolute atomic E-state index is 0.383. The number of aromatic nitrogens is 1. The highest BCUT2D eigenvalue weighted by molar-refractivity contribution is 6.06. The van der Waals surface area contributed by atoms with E-state index in [1.54, 1.807) is 0 Å². The van der Waals surface area contributed by atoms with Crippen LogP contribution in [0.2, 0.25) is 0 Å². The van der Waals surface area contributed by atoms with Gasteiger partial charge in [0, 0.05) is 22.2 Å². The number of fused-ring (bicyclic) bond motifs is 1. The van der Waals surface area contributed by atoms with Crippen LogP contribution in [0.15, 0.2) is 22.7 Å². The van der Waals surface area contributed by atoms with Crippen molar-refractivity contribution in [3.8, 4) is 11.1 Å². The Hall–Kier alpha value is -2.14. The molecule has 0 fully saturated rings. The summed E-state index contributed by atoms with van der Waals surface area (Å²) in [5, 5.41) is 17.8. The van der Waals surface area contributed by atoms with Crippen molar-refractivity contribution in [1.82, 2.24) is 5.16 Å². The summed E-state index contributed by atoms with van der Waals surface area (Å²) in [6, 6.07) is 5.57. The molecule has 0 radical (unpaired) electrons. The Morgan fingerprint density at radius 3 is 2.50 bits per heavy atom. The molecule has 2 heterocycles. The predicted octanol–water partition coefficient (Wildman–Crippen LogP) is 3.14. The first kappa shape index (κ1) is 14.8. The van der Waals surface area contributed by atoms with Gasteiger partial charge in [-0.1, -0.05) is 32.0 Å². The fraction of sp³-hybridized carbons (Fsp3) is 0.412. The number of benzene rings is 1. The number of aryl methyl sites for hydroxylation is 2. The van der Waals surface area contributed by atoms with Crippen molar-refractivity contribution < 1.29 is 14.4 Å². The highest BCUT2D eigenvalue weighted by Crippen LogP contribution is 2.48. The lowest BCUT2D eigenvalue weighted by Gasteiger charge is -2.35. The summed E-state index contributed by atoms with van der Waals surface area (Å²) in [4.78, 5) is 12.3. The van der Waals surface area contributed by atoms with E-state index in [9.17, 15) is 9.90 Å². The SMILES string of the molecule is Cc1noc(C)c1-c1ccc2c(c1)C(O)(C(C)(C)C)C(=O)N2. The van der Waals surface area contributed by atoms with Crippen LogP contribution in [0.25, 0.3) is 11.1 Å². The summed E-state index contributed by atoms with van der Waals surface area (Å²) in [5.74, 6) is 0.333. The third-order valence-corrected chi connectivity index (χ3v) is 4.39. The molecule has 1 aliphatic rings. The summed E-state index contributed by atoms with van der Waals surface area (Å²) >= 11 is 0. The van der Waals surface area contributed by atoms with Crippen LogP contribution in [-0.4, -0.2) is 16.2 Å². The molecule has 1 aromatic heterocycles. The van der Waals surface area contributed by atoms with Gasteiger partial charge in [0.25, 0.3) is 5.91 Å². The molecule has 22 heavy (non-hydrogen) atoms. The minimum Gasteiger partial charge on any atom is -0.375 e. The van der Waals surface area contributed by atoms with Gasteiger partial charge in [-0.25, -0.2) is 0 Å². The summed E-state index contributed by atoms with van der Waals surface area (Å²) in [6.07, 6.45) is 0. The van der Waals surface area contributed by atoms with Gasteiger partial charge >= 0.3 is 0 Å². The molecule has 1 atom stereocenters. The molecule has 0 bridgehead atoms. The number of carbonyl (C=O) groups excluding carboxylic acids is 1.